The molecule has 5 heteroatoms. The number of hydrogen-bond donors (Lipinski definition) is 1. The Morgan fingerprint density at radius 2 is 2.21 bits per heavy atom. The number of ether oxygens (including phenoxy) is 2. The fourth-order valence-corrected chi connectivity index (χ4v) is 3.26. The molecule has 106 valence electrons. The fraction of sp³-hybridized carbons (Fsp3) is 0.786. The normalized spacial score (nSPS) is 28.4. The molecule has 1 N–H and O–H groups in total. The Morgan fingerprint density at radius 3 is 2.89 bits per heavy atom. The van der Waals surface area contributed by atoms with Crippen LogP contribution in [0.15, 0.2) is 12.3 Å². The maximum Gasteiger partial charge on any atom is 0.101 e. The van der Waals surface area contributed by atoms with E-state index < -0.39 is 6.10 Å². The van der Waals surface area contributed by atoms with Crippen molar-refractivity contribution in [3.05, 3.63) is 18.0 Å². The summed E-state index contributed by atoms with van der Waals surface area (Å²) in [5, 5.41) is 14.8. The van der Waals surface area contributed by atoms with Crippen LogP contribution in [0.25, 0.3) is 0 Å². The van der Waals surface area contributed by atoms with Gasteiger partial charge in [0.2, 0.25) is 0 Å². The third-order valence-electron chi connectivity index (χ3n) is 4.42. The molecule has 0 saturated carbocycles. The molecule has 3 heterocycles. The van der Waals surface area contributed by atoms with Crippen LogP contribution in [-0.2, 0) is 16.5 Å². The second kappa shape index (κ2) is 5.23. The highest BCUT2D eigenvalue weighted by Crippen LogP contribution is 2.41. The third-order valence-corrected chi connectivity index (χ3v) is 4.42. The lowest BCUT2D eigenvalue weighted by Gasteiger charge is -2.44. The summed E-state index contributed by atoms with van der Waals surface area (Å²) < 4.78 is 13.2. The Hall–Kier alpha value is -0.910. The minimum Gasteiger partial charge on any atom is -0.386 e. The number of aryl methyl sites for hydroxylation is 1. The van der Waals surface area contributed by atoms with Crippen molar-refractivity contribution in [2.45, 2.75) is 37.4 Å². The number of hydrogen-bond acceptors (Lipinski definition) is 4. The molecule has 0 aliphatic carbocycles. The summed E-state index contributed by atoms with van der Waals surface area (Å²) in [6, 6.07) is 1.90. The topological polar surface area (TPSA) is 56.5 Å². The van der Waals surface area contributed by atoms with Crippen LogP contribution in [0.3, 0.4) is 0 Å². The second-order valence-electron chi connectivity index (χ2n) is 5.76. The average Bonchev–Trinajstić information content (AvgIpc) is 2.85. The molecule has 2 atom stereocenters. The van der Waals surface area contributed by atoms with E-state index in [9.17, 15) is 5.11 Å². The number of nitrogens with zero attached hydrogens (tertiary/aromatic N) is 2. The van der Waals surface area contributed by atoms with Gasteiger partial charge in [-0.05, 0) is 37.7 Å². The van der Waals surface area contributed by atoms with Gasteiger partial charge in [0.1, 0.15) is 6.10 Å². The largest absolute Gasteiger partial charge is 0.386 e. The van der Waals surface area contributed by atoms with Gasteiger partial charge in [-0.3, -0.25) is 4.68 Å². The summed E-state index contributed by atoms with van der Waals surface area (Å²) in [5.41, 5.74) is 0.702. The number of aliphatic hydroxyl groups excluding tert-OH is 1. The van der Waals surface area contributed by atoms with Crippen molar-refractivity contribution >= 4 is 0 Å². The zero-order chi connectivity index (χ0) is 13.3. The van der Waals surface area contributed by atoms with Crippen LogP contribution in [0.4, 0.5) is 0 Å². The quantitative estimate of drug-likeness (QED) is 0.880. The lowest BCUT2D eigenvalue weighted by atomic mass is 9.78. The molecule has 1 spiro atoms. The summed E-state index contributed by atoms with van der Waals surface area (Å²) in [5.74, 6) is 0.238. The summed E-state index contributed by atoms with van der Waals surface area (Å²) in [4.78, 5) is 0. The van der Waals surface area contributed by atoms with Gasteiger partial charge in [-0.15, -0.1) is 0 Å². The molecule has 2 aliphatic heterocycles. The second-order valence-corrected chi connectivity index (χ2v) is 5.76. The van der Waals surface area contributed by atoms with E-state index in [0.29, 0.717) is 0 Å². The molecule has 0 radical (unpaired) electrons. The first-order valence-electron chi connectivity index (χ1n) is 7.08. The Bertz CT molecular complexity index is 421. The molecule has 1 aromatic rings. The molecule has 0 amide bonds. The van der Waals surface area contributed by atoms with Gasteiger partial charge in [-0.1, -0.05) is 0 Å². The monoisotopic (exact) mass is 266 g/mol. The van der Waals surface area contributed by atoms with Gasteiger partial charge in [0.05, 0.1) is 11.3 Å². The zero-order valence-corrected chi connectivity index (χ0v) is 11.4. The maximum absolute atomic E-state index is 10.5. The van der Waals surface area contributed by atoms with Gasteiger partial charge < -0.3 is 14.6 Å². The Morgan fingerprint density at radius 1 is 1.42 bits per heavy atom. The minimum atomic E-state index is -0.482. The highest BCUT2D eigenvalue weighted by Gasteiger charge is 2.41. The smallest absolute Gasteiger partial charge is 0.101 e. The number of aliphatic hydroxyl groups is 1. The Labute approximate surface area is 113 Å². The van der Waals surface area contributed by atoms with E-state index in [2.05, 4.69) is 5.10 Å². The van der Waals surface area contributed by atoms with E-state index in [1.807, 2.05) is 19.3 Å². The molecular formula is C14H22N2O3. The van der Waals surface area contributed by atoms with Gasteiger partial charge in [0.15, 0.2) is 0 Å². The van der Waals surface area contributed by atoms with E-state index in [-0.39, 0.29) is 11.5 Å². The number of aromatic nitrogens is 2. The first-order valence-corrected chi connectivity index (χ1v) is 7.08. The third kappa shape index (κ3) is 2.68. The fourth-order valence-electron chi connectivity index (χ4n) is 3.26. The van der Waals surface area contributed by atoms with Crippen molar-refractivity contribution in [1.29, 1.82) is 0 Å². The van der Waals surface area contributed by atoms with E-state index in [4.69, 9.17) is 9.47 Å². The molecule has 5 nitrogen and oxygen atoms in total. The minimum absolute atomic E-state index is 0.0725. The molecule has 2 fully saturated rings. The van der Waals surface area contributed by atoms with E-state index in [0.717, 1.165) is 51.2 Å². The summed E-state index contributed by atoms with van der Waals surface area (Å²) >= 11 is 0. The van der Waals surface area contributed by atoms with Crippen LogP contribution in [0.2, 0.25) is 0 Å². The zero-order valence-electron chi connectivity index (χ0n) is 11.4. The Kier molecular flexibility index (Phi) is 3.60. The van der Waals surface area contributed by atoms with Crippen molar-refractivity contribution in [1.82, 2.24) is 9.78 Å². The van der Waals surface area contributed by atoms with Crippen LogP contribution < -0.4 is 0 Å². The van der Waals surface area contributed by atoms with E-state index >= 15 is 0 Å². The van der Waals surface area contributed by atoms with E-state index in [1.54, 1.807) is 4.68 Å². The van der Waals surface area contributed by atoms with Crippen LogP contribution >= 0.6 is 0 Å². The highest BCUT2D eigenvalue weighted by atomic mass is 16.5. The predicted octanol–water partition coefficient (Wildman–Crippen LogP) is 1.43. The molecule has 0 aromatic carbocycles. The predicted molar refractivity (Wildman–Crippen MR) is 69.6 cm³/mol. The molecule has 0 bridgehead atoms. The molecular weight excluding hydrogens is 244 g/mol. The molecule has 2 saturated heterocycles. The first-order chi connectivity index (χ1) is 9.19. The first kappa shape index (κ1) is 13.1. The van der Waals surface area contributed by atoms with Crippen LogP contribution in [0, 0.1) is 5.92 Å². The molecule has 2 aliphatic rings. The average molecular weight is 266 g/mol. The molecule has 3 rings (SSSR count). The molecule has 19 heavy (non-hydrogen) atoms. The highest BCUT2D eigenvalue weighted by molar-refractivity contribution is 5.06. The Balaban J connectivity index is 1.70. The van der Waals surface area contributed by atoms with Crippen molar-refractivity contribution < 1.29 is 14.6 Å². The lowest BCUT2D eigenvalue weighted by molar-refractivity contribution is -0.159. The van der Waals surface area contributed by atoms with Crippen molar-refractivity contribution in [3.8, 4) is 0 Å². The summed E-state index contributed by atoms with van der Waals surface area (Å²) in [6.07, 6.45) is 5.10. The van der Waals surface area contributed by atoms with Gasteiger partial charge in [-0.25, -0.2) is 0 Å². The van der Waals surface area contributed by atoms with E-state index in [1.165, 1.54) is 0 Å². The van der Waals surface area contributed by atoms with Crippen molar-refractivity contribution in [3.63, 3.8) is 0 Å². The van der Waals surface area contributed by atoms with Crippen molar-refractivity contribution in [2.24, 2.45) is 13.0 Å². The van der Waals surface area contributed by atoms with Crippen LogP contribution in [0.5, 0.6) is 0 Å². The van der Waals surface area contributed by atoms with Gasteiger partial charge in [0, 0.05) is 33.1 Å². The summed E-state index contributed by atoms with van der Waals surface area (Å²) in [7, 11) is 1.88. The van der Waals surface area contributed by atoms with Gasteiger partial charge >= 0.3 is 0 Å². The standard InChI is InChI=1S/C14H22N2O3/c1-16-6-2-12(15-16)13(17)11-3-7-19-14(10-11)4-8-18-9-5-14/h2,6,11,13,17H,3-5,7-10H2,1H3. The van der Waals surface area contributed by atoms with Gasteiger partial charge in [0.25, 0.3) is 0 Å². The molecule has 2 unspecified atom stereocenters. The number of rotatable bonds is 2. The van der Waals surface area contributed by atoms with Crippen LogP contribution in [0.1, 0.15) is 37.5 Å². The molecule has 1 aromatic heterocycles. The maximum atomic E-state index is 10.5. The SMILES string of the molecule is Cn1ccc(C(O)C2CCOC3(CCOCC3)C2)n1. The van der Waals surface area contributed by atoms with Crippen LogP contribution in [-0.4, -0.2) is 40.3 Å². The van der Waals surface area contributed by atoms with Crippen molar-refractivity contribution in [2.75, 3.05) is 19.8 Å². The summed E-state index contributed by atoms with van der Waals surface area (Å²) in [6.45, 7) is 2.27. The van der Waals surface area contributed by atoms with Gasteiger partial charge in [-0.2, -0.15) is 5.10 Å². The lowest BCUT2D eigenvalue weighted by Crippen LogP contribution is -2.45.